The van der Waals surface area contributed by atoms with Crippen LogP contribution in [-0.4, -0.2) is 6.10 Å². The Kier molecular flexibility index (Phi) is 7.00. The van der Waals surface area contributed by atoms with Gasteiger partial charge in [0.15, 0.2) is 0 Å². The van der Waals surface area contributed by atoms with Gasteiger partial charge in [-0.05, 0) is 24.5 Å². The first kappa shape index (κ1) is 17.9. The molecule has 0 aliphatic rings. The van der Waals surface area contributed by atoms with Crippen molar-refractivity contribution in [2.45, 2.75) is 39.6 Å². The minimum atomic E-state index is -3.62. The van der Waals surface area contributed by atoms with Gasteiger partial charge in [0, 0.05) is 0 Å². The third-order valence-corrected chi connectivity index (χ3v) is 4.86. The van der Waals surface area contributed by atoms with Gasteiger partial charge in [0.25, 0.3) is 0 Å². The molecule has 0 saturated carbocycles. The summed E-state index contributed by atoms with van der Waals surface area (Å²) in [6.45, 7) is 4.18. The molecule has 0 aliphatic heterocycles. The minimum absolute atomic E-state index is 0.184. The lowest BCUT2D eigenvalue weighted by Gasteiger charge is -2.21. The van der Waals surface area contributed by atoms with E-state index in [0.29, 0.717) is 0 Å². The van der Waals surface area contributed by atoms with Gasteiger partial charge in [0.2, 0.25) is 0 Å². The van der Waals surface area contributed by atoms with Crippen molar-refractivity contribution in [2.75, 3.05) is 0 Å². The predicted octanol–water partition coefficient (Wildman–Crippen LogP) is 5.34. The van der Waals surface area contributed by atoms with Crippen LogP contribution in [0.3, 0.4) is 0 Å². The zero-order valence-corrected chi connectivity index (χ0v) is 14.4. The van der Waals surface area contributed by atoms with Crippen LogP contribution in [-0.2, 0) is 31.4 Å². The molecular weight excluding hydrogens is 311 g/mol. The molecule has 124 valence electrons. The molecule has 0 radical (unpaired) electrons. The second kappa shape index (κ2) is 8.99. The molecule has 1 atom stereocenters. The summed E-state index contributed by atoms with van der Waals surface area (Å²) in [7, 11) is -3.62. The summed E-state index contributed by atoms with van der Waals surface area (Å²) in [6, 6.07) is 19.1. The Morgan fingerprint density at radius 3 is 1.70 bits per heavy atom. The van der Waals surface area contributed by atoms with Gasteiger partial charge in [0.05, 0.1) is 19.3 Å². The van der Waals surface area contributed by atoms with Crippen LogP contribution in [0.25, 0.3) is 0 Å². The highest BCUT2D eigenvalue weighted by Gasteiger charge is 2.29. The molecule has 0 saturated heterocycles. The number of rotatable bonds is 9. The summed E-state index contributed by atoms with van der Waals surface area (Å²) < 4.78 is 29.4. The van der Waals surface area contributed by atoms with Crippen molar-refractivity contribution in [3.05, 3.63) is 71.8 Å². The Hall–Kier alpha value is -1.45. The van der Waals surface area contributed by atoms with Gasteiger partial charge in [0.1, 0.15) is 0 Å². The lowest BCUT2D eigenvalue weighted by Crippen LogP contribution is -2.09. The first-order chi connectivity index (χ1) is 11.1. The second-order valence-electron chi connectivity index (χ2n) is 5.29. The molecule has 0 fully saturated rings. The molecule has 2 rings (SSSR count). The van der Waals surface area contributed by atoms with Gasteiger partial charge in [-0.1, -0.05) is 67.6 Å². The molecule has 23 heavy (non-hydrogen) atoms. The Bertz CT molecular complexity index is 568. The van der Waals surface area contributed by atoms with E-state index in [-0.39, 0.29) is 19.3 Å². The molecule has 0 heterocycles. The highest BCUT2D eigenvalue weighted by molar-refractivity contribution is 7.48. The van der Waals surface area contributed by atoms with Crippen LogP contribution >= 0.6 is 7.82 Å². The summed E-state index contributed by atoms with van der Waals surface area (Å²) >= 11 is 0. The van der Waals surface area contributed by atoms with Gasteiger partial charge >= 0.3 is 7.82 Å². The number of benzene rings is 2. The van der Waals surface area contributed by atoms with E-state index in [2.05, 4.69) is 0 Å². The van der Waals surface area contributed by atoms with E-state index in [1.54, 1.807) is 0 Å². The molecule has 5 heteroatoms. The van der Waals surface area contributed by atoms with Crippen LogP contribution in [0, 0.1) is 0 Å². The van der Waals surface area contributed by atoms with Gasteiger partial charge < -0.3 is 0 Å². The molecule has 0 bridgehead atoms. The molecule has 0 unspecified atom stereocenters. The number of hydrogen-bond donors (Lipinski definition) is 0. The fourth-order valence-electron chi connectivity index (χ4n) is 1.85. The summed E-state index contributed by atoms with van der Waals surface area (Å²) in [5, 5.41) is 0. The van der Waals surface area contributed by atoms with Gasteiger partial charge in [-0.25, -0.2) is 4.57 Å². The molecular formula is C18H23O4P. The lowest BCUT2D eigenvalue weighted by atomic mass is 10.2. The van der Waals surface area contributed by atoms with Crippen molar-refractivity contribution < 1.29 is 18.1 Å². The normalized spacial score (nSPS) is 13.0. The maximum absolute atomic E-state index is 12.9. The van der Waals surface area contributed by atoms with Crippen molar-refractivity contribution in [3.8, 4) is 0 Å². The van der Waals surface area contributed by atoms with Crippen LogP contribution in [0.1, 0.15) is 31.4 Å². The van der Waals surface area contributed by atoms with Crippen molar-refractivity contribution in [2.24, 2.45) is 0 Å². The summed E-state index contributed by atoms with van der Waals surface area (Å²) in [5.74, 6) is 0. The van der Waals surface area contributed by atoms with Gasteiger partial charge in [-0.3, -0.25) is 13.6 Å². The van der Waals surface area contributed by atoms with E-state index < -0.39 is 7.82 Å². The Morgan fingerprint density at radius 2 is 1.30 bits per heavy atom. The van der Waals surface area contributed by atoms with Crippen molar-refractivity contribution >= 4 is 7.82 Å². The summed E-state index contributed by atoms with van der Waals surface area (Å²) in [4.78, 5) is 0. The quantitative estimate of drug-likeness (QED) is 0.580. The van der Waals surface area contributed by atoms with E-state index in [4.69, 9.17) is 13.6 Å². The molecule has 0 amide bonds. The van der Waals surface area contributed by atoms with Crippen molar-refractivity contribution in [1.82, 2.24) is 0 Å². The van der Waals surface area contributed by atoms with Crippen molar-refractivity contribution in [1.29, 1.82) is 0 Å². The van der Waals surface area contributed by atoms with Gasteiger partial charge in [-0.2, -0.15) is 0 Å². The van der Waals surface area contributed by atoms with E-state index >= 15 is 0 Å². The fourth-order valence-corrected chi connectivity index (χ4v) is 3.25. The average Bonchev–Trinajstić information content (AvgIpc) is 2.60. The number of hydrogen-bond acceptors (Lipinski definition) is 4. The maximum atomic E-state index is 12.9. The average molecular weight is 334 g/mol. The van der Waals surface area contributed by atoms with Crippen LogP contribution in [0.5, 0.6) is 0 Å². The molecule has 0 spiro atoms. The highest BCUT2D eigenvalue weighted by Crippen LogP contribution is 2.52. The van der Waals surface area contributed by atoms with Crippen LogP contribution in [0.4, 0.5) is 0 Å². The van der Waals surface area contributed by atoms with Crippen molar-refractivity contribution in [3.63, 3.8) is 0 Å². The Morgan fingerprint density at radius 1 is 0.870 bits per heavy atom. The molecule has 0 aliphatic carbocycles. The summed E-state index contributed by atoms with van der Waals surface area (Å²) in [5.41, 5.74) is 1.84. The Balaban J connectivity index is 2.00. The zero-order valence-electron chi connectivity index (χ0n) is 13.6. The van der Waals surface area contributed by atoms with E-state index in [0.717, 1.165) is 17.5 Å². The first-order valence-electron chi connectivity index (χ1n) is 7.76. The van der Waals surface area contributed by atoms with Crippen LogP contribution < -0.4 is 0 Å². The monoisotopic (exact) mass is 334 g/mol. The Labute approximate surface area is 138 Å². The van der Waals surface area contributed by atoms with Crippen LogP contribution in [0.2, 0.25) is 0 Å². The van der Waals surface area contributed by atoms with Gasteiger partial charge in [-0.15, -0.1) is 0 Å². The van der Waals surface area contributed by atoms with E-state index in [1.807, 2.05) is 74.5 Å². The third-order valence-electron chi connectivity index (χ3n) is 3.35. The fraction of sp³-hybridized carbons (Fsp3) is 0.333. The maximum Gasteiger partial charge on any atom is 0.475 e. The van der Waals surface area contributed by atoms with E-state index in [9.17, 15) is 4.57 Å². The molecule has 0 N–H and O–H groups in total. The topological polar surface area (TPSA) is 44.8 Å². The largest absolute Gasteiger partial charge is 0.475 e. The third kappa shape index (κ3) is 6.28. The van der Waals surface area contributed by atoms with Crippen LogP contribution in [0.15, 0.2) is 60.7 Å². The molecule has 0 aromatic heterocycles. The molecule has 2 aromatic rings. The predicted molar refractivity (Wildman–Crippen MR) is 90.9 cm³/mol. The zero-order chi connectivity index (χ0) is 16.5. The highest BCUT2D eigenvalue weighted by atomic mass is 31.2. The summed E-state index contributed by atoms with van der Waals surface area (Å²) in [6.07, 6.45) is 0.528. The standard InChI is InChI=1S/C18H23O4P/c1-3-16(2)22-23(19,20-14-17-10-6-4-7-11-17)21-15-18-12-8-5-9-13-18/h4-13,16H,3,14-15H2,1-2H3/t16-/m0/s1. The minimum Gasteiger partial charge on any atom is -0.284 e. The number of phosphoric ester groups is 1. The first-order valence-corrected chi connectivity index (χ1v) is 9.23. The SMILES string of the molecule is CC[C@H](C)OP(=O)(OCc1ccccc1)OCc1ccccc1. The lowest BCUT2D eigenvalue weighted by molar-refractivity contribution is 0.0748. The number of phosphoric acid groups is 1. The molecule has 4 nitrogen and oxygen atoms in total. The second-order valence-corrected chi connectivity index (χ2v) is 6.91. The van der Waals surface area contributed by atoms with E-state index in [1.165, 1.54) is 0 Å². The molecule has 2 aromatic carbocycles. The smallest absolute Gasteiger partial charge is 0.284 e.